The van der Waals surface area contributed by atoms with Crippen LogP contribution in [0.15, 0.2) is 0 Å². The molecule has 3 heteroatoms. The first-order valence-corrected chi connectivity index (χ1v) is 7.61. The molecule has 1 atom stereocenters. The van der Waals surface area contributed by atoms with Gasteiger partial charge in [0.15, 0.2) is 0 Å². The van der Waals surface area contributed by atoms with Gasteiger partial charge in [-0.05, 0) is 12.8 Å². The summed E-state index contributed by atoms with van der Waals surface area (Å²) in [6.45, 7) is 4.28. The monoisotopic (exact) mass is 258 g/mol. The molecule has 0 spiro atoms. The summed E-state index contributed by atoms with van der Waals surface area (Å²) in [5.74, 6) is -0.570. The van der Waals surface area contributed by atoms with Crippen LogP contribution >= 0.6 is 0 Å². The van der Waals surface area contributed by atoms with Crippen LogP contribution in [0.25, 0.3) is 0 Å². The second-order valence-electron chi connectivity index (χ2n) is 5.16. The van der Waals surface area contributed by atoms with Crippen LogP contribution in [-0.2, 0) is 9.68 Å². The fourth-order valence-corrected chi connectivity index (χ4v) is 2.33. The Morgan fingerprint density at radius 3 is 1.94 bits per heavy atom. The predicted octanol–water partition coefficient (Wildman–Crippen LogP) is 4.95. The van der Waals surface area contributed by atoms with Gasteiger partial charge in [-0.3, -0.25) is 0 Å². The predicted molar refractivity (Wildman–Crippen MR) is 74.3 cm³/mol. The highest BCUT2D eigenvalue weighted by atomic mass is 17.1. The van der Waals surface area contributed by atoms with Gasteiger partial charge in [0.2, 0.25) is 0 Å². The molecule has 0 aromatic rings. The number of unbranched alkanes of at least 4 members (excludes halogenated alkanes) is 7. The summed E-state index contributed by atoms with van der Waals surface area (Å²) in [7, 11) is 0. The van der Waals surface area contributed by atoms with Gasteiger partial charge in [0.05, 0.1) is 5.92 Å². The highest BCUT2D eigenvalue weighted by Crippen LogP contribution is 2.18. The average molecular weight is 258 g/mol. The molecule has 0 saturated heterocycles. The van der Waals surface area contributed by atoms with E-state index in [-0.39, 0.29) is 5.92 Å². The highest BCUT2D eigenvalue weighted by molar-refractivity contribution is 5.71. The van der Waals surface area contributed by atoms with Crippen LogP contribution in [0.2, 0.25) is 0 Å². The van der Waals surface area contributed by atoms with Crippen molar-refractivity contribution >= 4 is 5.97 Å². The molecule has 0 aromatic carbocycles. The first-order valence-electron chi connectivity index (χ1n) is 7.61. The standard InChI is InChI=1S/C15H30O3/c1-3-5-6-7-8-9-10-11-13-14(12-4-2)15(16)18-17/h14,17H,3-13H2,1-2H3. The summed E-state index contributed by atoms with van der Waals surface area (Å²) in [6, 6.07) is 0. The Hall–Kier alpha value is -0.570. The first kappa shape index (κ1) is 17.4. The fourth-order valence-electron chi connectivity index (χ4n) is 2.33. The smallest absolute Gasteiger partial charge is 0.301 e. The van der Waals surface area contributed by atoms with Crippen LogP contribution in [0, 0.1) is 5.92 Å². The van der Waals surface area contributed by atoms with Crippen LogP contribution in [0.4, 0.5) is 0 Å². The van der Waals surface area contributed by atoms with Crippen LogP contribution < -0.4 is 0 Å². The zero-order chi connectivity index (χ0) is 13.6. The Morgan fingerprint density at radius 1 is 0.889 bits per heavy atom. The molecule has 1 N–H and O–H groups in total. The minimum absolute atomic E-state index is 0.111. The van der Waals surface area contributed by atoms with Crippen molar-refractivity contribution in [3.8, 4) is 0 Å². The molecular weight excluding hydrogens is 228 g/mol. The van der Waals surface area contributed by atoms with Crippen molar-refractivity contribution in [3.63, 3.8) is 0 Å². The van der Waals surface area contributed by atoms with Gasteiger partial charge in [0, 0.05) is 0 Å². The van der Waals surface area contributed by atoms with E-state index in [1.165, 1.54) is 44.9 Å². The molecule has 0 aliphatic carbocycles. The van der Waals surface area contributed by atoms with Crippen molar-refractivity contribution in [2.75, 3.05) is 0 Å². The molecule has 0 aliphatic heterocycles. The summed E-state index contributed by atoms with van der Waals surface area (Å²) >= 11 is 0. The maximum absolute atomic E-state index is 11.3. The minimum atomic E-state index is -0.459. The molecule has 0 saturated carbocycles. The lowest BCUT2D eigenvalue weighted by atomic mass is 9.96. The molecule has 1 unspecified atom stereocenters. The second kappa shape index (κ2) is 12.9. The van der Waals surface area contributed by atoms with Crippen molar-refractivity contribution < 1.29 is 14.9 Å². The molecule has 0 aliphatic rings. The van der Waals surface area contributed by atoms with E-state index in [0.717, 1.165) is 25.7 Å². The summed E-state index contributed by atoms with van der Waals surface area (Å²) in [4.78, 5) is 15.1. The van der Waals surface area contributed by atoms with Gasteiger partial charge in [-0.2, -0.15) is 5.26 Å². The van der Waals surface area contributed by atoms with Crippen LogP contribution in [-0.4, -0.2) is 11.2 Å². The molecule has 0 aromatic heterocycles. The van der Waals surface area contributed by atoms with Crippen molar-refractivity contribution in [1.82, 2.24) is 0 Å². The van der Waals surface area contributed by atoms with Gasteiger partial charge in [0.25, 0.3) is 0 Å². The van der Waals surface area contributed by atoms with E-state index >= 15 is 0 Å². The molecule has 0 amide bonds. The molecule has 18 heavy (non-hydrogen) atoms. The lowest BCUT2D eigenvalue weighted by Crippen LogP contribution is -2.16. The second-order valence-corrected chi connectivity index (χ2v) is 5.16. The summed E-state index contributed by atoms with van der Waals surface area (Å²) in [5.41, 5.74) is 0. The summed E-state index contributed by atoms with van der Waals surface area (Å²) in [5, 5.41) is 8.41. The van der Waals surface area contributed by atoms with Crippen molar-refractivity contribution in [2.24, 2.45) is 5.92 Å². The van der Waals surface area contributed by atoms with Gasteiger partial charge in [-0.1, -0.05) is 71.6 Å². The Bertz CT molecular complexity index is 192. The lowest BCUT2D eigenvalue weighted by Gasteiger charge is -2.11. The zero-order valence-electron chi connectivity index (χ0n) is 12.1. The number of rotatable bonds is 12. The molecule has 0 rings (SSSR count). The number of carbonyl (C=O) groups excluding carboxylic acids is 1. The Kier molecular flexibility index (Phi) is 12.5. The molecule has 3 nitrogen and oxygen atoms in total. The number of carbonyl (C=O) groups is 1. The molecule has 108 valence electrons. The van der Waals surface area contributed by atoms with E-state index in [0.29, 0.717) is 0 Å². The number of hydrogen-bond acceptors (Lipinski definition) is 3. The topological polar surface area (TPSA) is 46.5 Å². The first-order chi connectivity index (χ1) is 8.76. The van der Waals surface area contributed by atoms with Gasteiger partial charge >= 0.3 is 5.97 Å². The average Bonchev–Trinajstić information content (AvgIpc) is 2.39. The Balaban J connectivity index is 3.46. The van der Waals surface area contributed by atoms with Crippen molar-refractivity contribution in [3.05, 3.63) is 0 Å². The van der Waals surface area contributed by atoms with E-state index in [2.05, 4.69) is 11.8 Å². The Morgan fingerprint density at radius 2 is 1.44 bits per heavy atom. The summed E-state index contributed by atoms with van der Waals surface area (Å²) in [6.07, 6.45) is 12.8. The molecular formula is C15H30O3. The van der Waals surface area contributed by atoms with E-state index in [9.17, 15) is 4.79 Å². The van der Waals surface area contributed by atoms with Crippen LogP contribution in [0.3, 0.4) is 0 Å². The van der Waals surface area contributed by atoms with Gasteiger partial charge in [0.1, 0.15) is 0 Å². The zero-order valence-corrected chi connectivity index (χ0v) is 12.1. The molecule has 0 radical (unpaired) electrons. The van der Waals surface area contributed by atoms with E-state index in [4.69, 9.17) is 5.26 Å². The van der Waals surface area contributed by atoms with Crippen molar-refractivity contribution in [2.45, 2.75) is 84.5 Å². The third kappa shape index (κ3) is 9.46. The van der Waals surface area contributed by atoms with E-state index < -0.39 is 5.97 Å². The quantitative estimate of drug-likeness (QED) is 0.306. The largest absolute Gasteiger partial charge is 0.345 e. The van der Waals surface area contributed by atoms with Crippen molar-refractivity contribution in [1.29, 1.82) is 0 Å². The molecule has 0 bridgehead atoms. The molecule has 0 heterocycles. The van der Waals surface area contributed by atoms with E-state index in [1.807, 2.05) is 6.92 Å². The maximum Gasteiger partial charge on any atom is 0.345 e. The highest BCUT2D eigenvalue weighted by Gasteiger charge is 2.18. The van der Waals surface area contributed by atoms with Crippen LogP contribution in [0.5, 0.6) is 0 Å². The maximum atomic E-state index is 11.3. The van der Waals surface area contributed by atoms with Crippen LogP contribution in [0.1, 0.15) is 84.5 Å². The van der Waals surface area contributed by atoms with Gasteiger partial charge in [-0.25, -0.2) is 4.79 Å². The summed E-state index contributed by atoms with van der Waals surface area (Å²) < 4.78 is 0. The fraction of sp³-hybridized carbons (Fsp3) is 0.933. The third-order valence-corrected chi connectivity index (χ3v) is 3.47. The van der Waals surface area contributed by atoms with Gasteiger partial charge < -0.3 is 4.89 Å². The third-order valence-electron chi connectivity index (χ3n) is 3.47. The SMILES string of the molecule is CCCCCCCCCCC(CCC)C(=O)OO. The lowest BCUT2D eigenvalue weighted by molar-refractivity contribution is -0.239. The Labute approximate surface area is 112 Å². The van der Waals surface area contributed by atoms with E-state index in [1.54, 1.807) is 0 Å². The number of hydrogen-bond donors (Lipinski definition) is 1. The van der Waals surface area contributed by atoms with Gasteiger partial charge in [-0.15, -0.1) is 0 Å². The molecule has 0 fully saturated rings. The minimum Gasteiger partial charge on any atom is -0.301 e. The normalized spacial score (nSPS) is 12.4.